The fraction of sp³-hybridized carbons (Fsp3) is 0.0545. The highest BCUT2D eigenvalue weighted by Gasteiger charge is 2.35. The maximum Gasteiger partial charge on any atom is 0.0640 e. The highest BCUT2D eigenvalue weighted by Crippen LogP contribution is 2.50. The van der Waals surface area contributed by atoms with Gasteiger partial charge in [0.2, 0.25) is 0 Å². The van der Waals surface area contributed by atoms with E-state index in [0.29, 0.717) is 0 Å². The van der Waals surface area contributed by atoms with Crippen LogP contribution in [0.25, 0.3) is 75.5 Å². The van der Waals surface area contributed by atoms with Gasteiger partial charge in [0.25, 0.3) is 0 Å². The Labute approximate surface area is 337 Å². The molecule has 0 saturated carbocycles. The Morgan fingerprint density at radius 2 is 1.00 bits per heavy atom. The quantitative estimate of drug-likeness (QED) is 0.164. The summed E-state index contributed by atoms with van der Waals surface area (Å²) in [5.41, 5.74) is 16.2. The Kier molecular flexibility index (Phi) is 7.77. The molecule has 9 aromatic carbocycles. The van der Waals surface area contributed by atoms with Crippen LogP contribution in [-0.4, -0.2) is 0 Å². The van der Waals surface area contributed by atoms with Gasteiger partial charge >= 0.3 is 0 Å². The molecule has 0 spiro atoms. The van der Waals surface area contributed by atoms with Gasteiger partial charge in [-0.25, -0.2) is 0 Å². The number of anilines is 3. The molecule has 1 aromatic heterocycles. The first-order valence-corrected chi connectivity index (χ1v) is 20.6. The van der Waals surface area contributed by atoms with Crippen molar-refractivity contribution in [1.29, 1.82) is 0 Å². The van der Waals surface area contributed by atoms with Crippen molar-refractivity contribution in [2.45, 2.75) is 19.3 Å². The van der Waals surface area contributed by atoms with Gasteiger partial charge in [-0.05, 0) is 115 Å². The van der Waals surface area contributed by atoms with Crippen LogP contribution in [0.2, 0.25) is 0 Å². The van der Waals surface area contributed by atoms with Crippen LogP contribution < -0.4 is 4.90 Å². The Hall–Kier alpha value is -6.74. The van der Waals surface area contributed by atoms with Crippen molar-refractivity contribution in [3.05, 3.63) is 211 Å². The van der Waals surface area contributed by atoms with Gasteiger partial charge in [-0.2, -0.15) is 0 Å². The second-order valence-electron chi connectivity index (χ2n) is 15.7. The summed E-state index contributed by atoms with van der Waals surface area (Å²) in [4.78, 5) is 2.45. The van der Waals surface area contributed by atoms with Crippen molar-refractivity contribution in [3.8, 4) is 44.5 Å². The third kappa shape index (κ3) is 5.51. The maximum atomic E-state index is 2.45. The summed E-state index contributed by atoms with van der Waals surface area (Å²) in [6.45, 7) is 4.70. The molecule has 0 fully saturated rings. The van der Waals surface area contributed by atoms with Gasteiger partial charge in [-0.3, -0.25) is 0 Å². The van der Waals surface area contributed by atoms with E-state index >= 15 is 0 Å². The lowest BCUT2D eigenvalue weighted by Gasteiger charge is -2.27. The molecule has 10 aromatic rings. The van der Waals surface area contributed by atoms with Crippen molar-refractivity contribution < 1.29 is 0 Å². The van der Waals surface area contributed by atoms with Gasteiger partial charge in [0.15, 0.2) is 0 Å². The normalized spacial score (nSPS) is 12.9. The summed E-state index contributed by atoms with van der Waals surface area (Å²) in [7, 11) is 0. The molecule has 0 atom stereocenters. The first kappa shape index (κ1) is 33.6. The Morgan fingerprint density at radius 1 is 0.386 bits per heavy atom. The molecule has 0 N–H and O–H groups in total. The number of hydrogen-bond donors (Lipinski definition) is 0. The lowest BCUT2D eigenvalue weighted by atomic mass is 9.81. The monoisotopic (exact) mass is 745 g/mol. The molecule has 1 nitrogen and oxygen atoms in total. The Balaban J connectivity index is 1.03. The zero-order chi connectivity index (χ0) is 38.1. The van der Waals surface area contributed by atoms with E-state index in [9.17, 15) is 0 Å². The van der Waals surface area contributed by atoms with E-state index in [1.54, 1.807) is 0 Å². The molecule has 0 saturated heterocycles. The Bertz CT molecular complexity index is 3160. The summed E-state index contributed by atoms with van der Waals surface area (Å²) in [6.07, 6.45) is 0. The third-order valence-electron chi connectivity index (χ3n) is 12.1. The number of rotatable bonds is 6. The standard InChI is InChI=1S/C55H39NS/c1-55(2)50-24-7-5-20-46(50)47-32-29-40(35-51(47)55)36-27-30-42(31-28-36)56(52-25-12-23-49-48-21-6-8-26-53(48)57-54(49)52)43-18-10-16-39(34-43)38-15-9-17-41(33-38)45-22-11-14-37-13-3-4-19-44(37)45/h3-35H,1-2H3. The summed E-state index contributed by atoms with van der Waals surface area (Å²) in [5.74, 6) is 0. The van der Waals surface area contributed by atoms with Crippen LogP contribution in [0.4, 0.5) is 17.1 Å². The predicted molar refractivity (Wildman–Crippen MR) is 245 cm³/mol. The van der Waals surface area contributed by atoms with E-state index in [1.807, 2.05) is 11.3 Å². The molecule has 0 unspecified atom stereocenters. The minimum absolute atomic E-state index is 0.0406. The zero-order valence-electron chi connectivity index (χ0n) is 31.9. The van der Waals surface area contributed by atoms with Crippen LogP contribution in [0.3, 0.4) is 0 Å². The van der Waals surface area contributed by atoms with Gasteiger partial charge in [-0.15, -0.1) is 11.3 Å². The minimum atomic E-state index is -0.0406. The average molecular weight is 746 g/mol. The molecule has 0 amide bonds. The molecule has 0 bridgehead atoms. The molecule has 270 valence electrons. The lowest BCUT2D eigenvalue weighted by Crippen LogP contribution is -2.14. The maximum absolute atomic E-state index is 2.45. The topological polar surface area (TPSA) is 3.24 Å². The molecule has 1 aliphatic carbocycles. The minimum Gasteiger partial charge on any atom is -0.309 e. The number of thiophene rings is 1. The molecule has 0 radical (unpaired) electrons. The molecular formula is C55H39NS. The SMILES string of the molecule is CC1(C)c2ccccc2-c2ccc(-c3ccc(N(c4cccc(-c5cccc(-c6cccc7ccccc67)c5)c4)c4cccc5c4sc4ccccc45)cc3)cc21. The molecule has 2 heteroatoms. The van der Waals surface area contributed by atoms with Crippen molar-refractivity contribution in [2.75, 3.05) is 4.90 Å². The molecule has 1 heterocycles. The summed E-state index contributed by atoms with van der Waals surface area (Å²) < 4.78 is 2.59. The van der Waals surface area contributed by atoms with E-state index in [1.165, 1.54) is 92.3 Å². The first-order chi connectivity index (χ1) is 28.0. The van der Waals surface area contributed by atoms with Gasteiger partial charge < -0.3 is 4.90 Å². The predicted octanol–water partition coefficient (Wildman–Crippen LogP) is 16.0. The fourth-order valence-electron chi connectivity index (χ4n) is 9.19. The second kappa shape index (κ2) is 13.2. The van der Waals surface area contributed by atoms with Crippen molar-refractivity contribution in [2.24, 2.45) is 0 Å². The average Bonchev–Trinajstić information content (AvgIpc) is 3.76. The number of hydrogen-bond acceptors (Lipinski definition) is 2. The molecule has 0 aliphatic heterocycles. The van der Waals surface area contributed by atoms with Crippen LogP contribution in [0.15, 0.2) is 200 Å². The molecule has 1 aliphatic rings. The van der Waals surface area contributed by atoms with Crippen molar-refractivity contribution >= 4 is 59.3 Å². The summed E-state index contributed by atoms with van der Waals surface area (Å²) in [5, 5.41) is 5.11. The van der Waals surface area contributed by atoms with E-state index in [0.717, 1.165) is 11.4 Å². The van der Waals surface area contributed by atoms with Gasteiger partial charge in [0, 0.05) is 32.3 Å². The molecule has 11 rings (SSSR count). The summed E-state index contributed by atoms with van der Waals surface area (Å²) in [6, 6.07) is 73.8. The summed E-state index contributed by atoms with van der Waals surface area (Å²) >= 11 is 1.87. The first-order valence-electron chi connectivity index (χ1n) is 19.8. The second-order valence-corrected chi connectivity index (χ2v) is 16.8. The number of fused-ring (bicyclic) bond motifs is 7. The van der Waals surface area contributed by atoms with Crippen LogP contribution in [-0.2, 0) is 5.41 Å². The van der Waals surface area contributed by atoms with Gasteiger partial charge in [0.05, 0.1) is 10.4 Å². The van der Waals surface area contributed by atoms with Crippen LogP contribution in [0, 0.1) is 0 Å². The van der Waals surface area contributed by atoms with Crippen LogP contribution in [0.5, 0.6) is 0 Å². The van der Waals surface area contributed by atoms with Gasteiger partial charge in [0.1, 0.15) is 0 Å². The van der Waals surface area contributed by atoms with Crippen LogP contribution >= 0.6 is 11.3 Å². The molecular weight excluding hydrogens is 707 g/mol. The lowest BCUT2D eigenvalue weighted by molar-refractivity contribution is 0.660. The zero-order valence-corrected chi connectivity index (χ0v) is 32.7. The molecule has 57 heavy (non-hydrogen) atoms. The van der Waals surface area contributed by atoms with E-state index in [2.05, 4.69) is 219 Å². The number of nitrogens with zero attached hydrogens (tertiary/aromatic N) is 1. The smallest absolute Gasteiger partial charge is 0.0640 e. The van der Waals surface area contributed by atoms with E-state index < -0.39 is 0 Å². The number of benzene rings is 9. The highest BCUT2D eigenvalue weighted by molar-refractivity contribution is 7.26. The van der Waals surface area contributed by atoms with Gasteiger partial charge in [-0.1, -0.05) is 166 Å². The fourth-order valence-corrected chi connectivity index (χ4v) is 10.4. The largest absolute Gasteiger partial charge is 0.309 e. The van der Waals surface area contributed by atoms with E-state index in [4.69, 9.17) is 0 Å². The van der Waals surface area contributed by atoms with Crippen molar-refractivity contribution in [3.63, 3.8) is 0 Å². The third-order valence-corrected chi connectivity index (χ3v) is 13.3. The van der Waals surface area contributed by atoms with Crippen molar-refractivity contribution in [1.82, 2.24) is 0 Å². The highest BCUT2D eigenvalue weighted by atomic mass is 32.1. The van der Waals surface area contributed by atoms with Crippen LogP contribution in [0.1, 0.15) is 25.0 Å². The Morgan fingerprint density at radius 3 is 1.89 bits per heavy atom. The van der Waals surface area contributed by atoms with E-state index in [-0.39, 0.29) is 5.41 Å².